The third kappa shape index (κ3) is 2.65. The van der Waals surface area contributed by atoms with Gasteiger partial charge in [0.25, 0.3) is 0 Å². The van der Waals surface area contributed by atoms with Crippen LogP contribution in [0.2, 0.25) is 0 Å². The molecule has 0 unspecified atom stereocenters. The Hall–Kier alpha value is -1.95. The fourth-order valence-corrected chi connectivity index (χ4v) is 1.90. The SMILES string of the molecule is O=C(O)c1cc(NC(=O)[C@@H]2CCCN2)ccc1F. The zero-order valence-corrected chi connectivity index (χ0v) is 9.57. The number of halogens is 1. The van der Waals surface area contributed by atoms with Crippen molar-refractivity contribution in [1.82, 2.24) is 5.32 Å². The minimum absolute atomic E-state index is 0.226. The lowest BCUT2D eigenvalue weighted by atomic mass is 10.1. The normalized spacial score (nSPS) is 18.6. The topological polar surface area (TPSA) is 78.4 Å². The molecule has 1 saturated heterocycles. The second kappa shape index (κ2) is 5.14. The first-order valence-electron chi connectivity index (χ1n) is 5.65. The molecule has 0 aliphatic carbocycles. The first kappa shape index (κ1) is 12.5. The molecule has 1 aliphatic rings. The predicted octanol–water partition coefficient (Wildman–Crippen LogP) is 1.21. The highest BCUT2D eigenvalue weighted by Crippen LogP contribution is 2.16. The second-order valence-corrected chi connectivity index (χ2v) is 4.14. The van der Waals surface area contributed by atoms with Gasteiger partial charge in [-0.3, -0.25) is 4.79 Å². The molecule has 1 fully saturated rings. The number of carbonyl (C=O) groups excluding carboxylic acids is 1. The van der Waals surface area contributed by atoms with Gasteiger partial charge in [0, 0.05) is 5.69 Å². The average Bonchev–Trinajstić information content (AvgIpc) is 2.85. The van der Waals surface area contributed by atoms with Crippen molar-refractivity contribution in [3.63, 3.8) is 0 Å². The van der Waals surface area contributed by atoms with Gasteiger partial charge in [0.05, 0.1) is 11.6 Å². The molecule has 5 nitrogen and oxygen atoms in total. The summed E-state index contributed by atoms with van der Waals surface area (Å²) in [5, 5.41) is 14.4. The molecule has 1 amide bonds. The third-order valence-corrected chi connectivity index (χ3v) is 2.84. The molecule has 1 aliphatic heterocycles. The fraction of sp³-hybridized carbons (Fsp3) is 0.333. The Kier molecular flexibility index (Phi) is 3.57. The van der Waals surface area contributed by atoms with Gasteiger partial charge in [-0.2, -0.15) is 0 Å². The van der Waals surface area contributed by atoms with E-state index in [1.54, 1.807) is 0 Å². The summed E-state index contributed by atoms with van der Waals surface area (Å²) in [5.74, 6) is -2.41. The average molecular weight is 252 g/mol. The van der Waals surface area contributed by atoms with E-state index in [-0.39, 0.29) is 17.6 Å². The minimum atomic E-state index is -1.36. The summed E-state index contributed by atoms with van der Waals surface area (Å²) in [6.07, 6.45) is 1.68. The number of carboxylic acid groups (broad SMARTS) is 1. The number of hydrogen-bond donors (Lipinski definition) is 3. The van der Waals surface area contributed by atoms with Crippen LogP contribution in [0, 0.1) is 5.82 Å². The highest BCUT2D eigenvalue weighted by atomic mass is 19.1. The number of amides is 1. The summed E-state index contributed by atoms with van der Waals surface area (Å²) in [4.78, 5) is 22.5. The summed E-state index contributed by atoms with van der Waals surface area (Å²) in [5.41, 5.74) is -0.167. The zero-order chi connectivity index (χ0) is 13.1. The monoisotopic (exact) mass is 252 g/mol. The van der Waals surface area contributed by atoms with Crippen molar-refractivity contribution < 1.29 is 19.1 Å². The molecule has 96 valence electrons. The van der Waals surface area contributed by atoms with Crippen LogP contribution < -0.4 is 10.6 Å². The molecular formula is C12H13FN2O3. The van der Waals surface area contributed by atoms with Gasteiger partial charge < -0.3 is 15.7 Å². The standard InChI is InChI=1S/C12H13FN2O3/c13-9-4-3-7(6-8(9)12(17)18)15-11(16)10-2-1-5-14-10/h3-4,6,10,14H,1-2,5H2,(H,15,16)(H,17,18)/t10-/m0/s1. The molecule has 1 aromatic rings. The smallest absolute Gasteiger partial charge is 0.338 e. The largest absolute Gasteiger partial charge is 0.478 e. The van der Waals surface area contributed by atoms with Crippen LogP contribution in [0.5, 0.6) is 0 Å². The van der Waals surface area contributed by atoms with E-state index < -0.39 is 17.3 Å². The molecule has 1 heterocycles. The van der Waals surface area contributed by atoms with Crippen LogP contribution >= 0.6 is 0 Å². The van der Waals surface area contributed by atoms with E-state index in [0.717, 1.165) is 31.5 Å². The molecule has 6 heteroatoms. The highest BCUT2D eigenvalue weighted by molar-refractivity contribution is 5.96. The van der Waals surface area contributed by atoms with Crippen LogP contribution in [0.25, 0.3) is 0 Å². The number of hydrogen-bond acceptors (Lipinski definition) is 3. The van der Waals surface area contributed by atoms with E-state index in [2.05, 4.69) is 10.6 Å². The Morgan fingerprint density at radius 1 is 1.44 bits per heavy atom. The van der Waals surface area contributed by atoms with Crippen LogP contribution in [0.4, 0.5) is 10.1 Å². The lowest BCUT2D eigenvalue weighted by Crippen LogP contribution is -2.35. The molecule has 2 rings (SSSR count). The van der Waals surface area contributed by atoms with Crippen LogP contribution in [0.3, 0.4) is 0 Å². The zero-order valence-electron chi connectivity index (χ0n) is 9.57. The number of aromatic carboxylic acids is 1. The molecule has 0 saturated carbocycles. The Bertz CT molecular complexity index is 484. The Morgan fingerprint density at radius 3 is 2.83 bits per heavy atom. The van der Waals surface area contributed by atoms with Crippen molar-refractivity contribution >= 4 is 17.6 Å². The van der Waals surface area contributed by atoms with E-state index in [1.807, 2.05) is 0 Å². The highest BCUT2D eigenvalue weighted by Gasteiger charge is 2.22. The molecule has 0 radical (unpaired) electrons. The van der Waals surface area contributed by atoms with E-state index in [9.17, 15) is 14.0 Å². The predicted molar refractivity (Wildman–Crippen MR) is 63.0 cm³/mol. The minimum Gasteiger partial charge on any atom is -0.478 e. The molecule has 1 aromatic carbocycles. The van der Waals surface area contributed by atoms with Crippen molar-refractivity contribution in [2.45, 2.75) is 18.9 Å². The van der Waals surface area contributed by atoms with Crippen molar-refractivity contribution in [3.05, 3.63) is 29.6 Å². The van der Waals surface area contributed by atoms with Crippen molar-refractivity contribution in [1.29, 1.82) is 0 Å². The van der Waals surface area contributed by atoms with E-state index in [4.69, 9.17) is 5.11 Å². The van der Waals surface area contributed by atoms with Gasteiger partial charge in [0.15, 0.2) is 0 Å². The maximum Gasteiger partial charge on any atom is 0.338 e. The van der Waals surface area contributed by atoms with Gasteiger partial charge in [0.1, 0.15) is 5.82 Å². The second-order valence-electron chi connectivity index (χ2n) is 4.14. The van der Waals surface area contributed by atoms with Crippen LogP contribution in [0.1, 0.15) is 23.2 Å². The molecule has 3 N–H and O–H groups in total. The van der Waals surface area contributed by atoms with Crippen LogP contribution in [0.15, 0.2) is 18.2 Å². The van der Waals surface area contributed by atoms with E-state index in [1.165, 1.54) is 6.07 Å². The summed E-state index contributed by atoms with van der Waals surface area (Å²) in [7, 11) is 0. The van der Waals surface area contributed by atoms with Gasteiger partial charge in [-0.15, -0.1) is 0 Å². The number of carboxylic acids is 1. The molecule has 0 spiro atoms. The quantitative estimate of drug-likeness (QED) is 0.755. The maximum atomic E-state index is 13.2. The van der Waals surface area contributed by atoms with E-state index in [0.29, 0.717) is 0 Å². The van der Waals surface area contributed by atoms with Gasteiger partial charge in [-0.05, 0) is 37.6 Å². The van der Waals surface area contributed by atoms with Gasteiger partial charge in [-0.1, -0.05) is 0 Å². The summed E-state index contributed by atoms with van der Waals surface area (Å²) in [6.45, 7) is 0.794. The van der Waals surface area contributed by atoms with Crippen LogP contribution in [-0.2, 0) is 4.79 Å². The summed E-state index contributed by atoms with van der Waals surface area (Å²) >= 11 is 0. The summed E-state index contributed by atoms with van der Waals surface area (Å²) in [6, 6.07) is 3.23. The summed E-state index contributed by atoms with van der Waals surface area (Å²) < 4.78 is 13.2. The van der Waals surface area contributed by atoms with E-state index >= 15 is 0 Å². The van der Waals surface area contributed by atoms with Crippen LogP contribution in [-0.4, -0.2) is 29.6 Å². The fourth-order valence-electron chi connectivity index (χ4n) is 1.90. The first-order valence-corrected chi connectivity index (χ1v) is 5.65. The lowest BCUT2D eigenvalue weighted by molar-refractivity contribution is -0.117. The Balaban J connectivity index is 2.11. The van der Waals surface area contributed by atoms with Crippen molar-refractivity contribution in [2.75, 3.05) is 11.9 Å². The molecular weight excluding hydrogens is 239 g/mol. The molecule has 0 bridgehead atoms. The van der Waals surface area contributed by atoms with Gasteiger partial charge in [-0.25, -0.2) is 9.18 Å². The molecule has 18 heavy (non-hydrogen) atoms. The van der Waals surface area contributed by atoms with Gasteiger partial charge in [0.2, 0.25) is 5.91 Å². The third-order valence-electron chi connectivity index (χ3n) is 2.84. The molecule has 0 aromatic heterocycles. The number of benzene rings is 1. The Labute approximate surface area is 103 Å². The van der Waals surface area contributed by atoms with Crippen molar-refractivity contribution in [2.24, 2.45) is 0 Å². The van der Waals surface area contributed by atoms with Crippen molar-refractivity contribution in [3.8, 4) is 0 Å². The van der Waals surface area contributed by atoms with Gasteiger partial charge >= 0.3 is 5.97 Å². The molecule has 1 atom stereocenters. The number of nitrogens with one attached hydrogen (secondary N) is 2. The number of rotatable bonds is 3. The number of anilines is 1. The Morgan fingerprint density at radius 2 is 2.22 bits per heavy atom. The first-order chi connectivity index (χ1) is 8.58. The maximum absolute atomic E-state index is 13.2. The lowest BCUT2D eigenvalue weighted by Gasteiger charge is -2.11. The number of carbonyl (C=O) groups is 2.